The summed E-state index contributed by atoms with van der Waals surface area (Å²) in [4.78, 5) is 12.4. The second-order valence-corrected chi connectivity index (χ2v) is 4.29. The molecule has 0 unspecified atom stereocenters. The second kappa shape index (κ2) is 5.40. The number of hydrogen-bond acceptors (Lipinski definition) is 2. The summed E-state index contributed by atoms with van der Waals surface area (Å²) < 4.78 is 1.68. The quantitative estimate of drug-likeness (QED) is 0.789. The van der Waals surface area contributed by atoms with Crippen molar-refractivity contribution in [3.05, 3.63) is 78.6 Å². The van der Waals surface area contributed by atoms with Crippen molar-refractivity contribution >= 4 is 11.6 Å². The van der Waals surface area contributed by atoms with Gasteiger partial charge in [-0.3, -0.25) is 4.79 Å². The number of carbonyl (C=O) groups excluding carboxylic acids is 1. The summed E-state index contributed by atoms with van der Waals surface area (Å²) in [5, 5.41) is 7.05. The summed E-state index contributed by atoms with van der Waals surface area (Å²) in [6, 6.07) is 18.6. The van der Waals surface area contributed by atoms with Gasteiger partial charge in [-0.15, -0.1) is 0 Å². The maximum absolute atomic E-state index is 12.4. The van der Waals surface area contributed by atoms with Crippen LogP contribution in [0.5, 0.6) is 0 Å². The topological polar surface area (TPSA) is 46.9 Å². The molecule has 3 rings (SSSR count). The van der Waals surface area contributed by atoms with Gasteiger partial charge in [-0.1, -0.05) is 30.3 Å². The van der Waals surface area contributed by atoms with Crippen LogP contribution in [0.25, 0.3) is 5.69 Å². The summed E-state index contributed by atoms with van der Waals surface area (Å²) in [7, 11) is 0. The Labute approximate surface area is 116 Å². The zero-order valence-corrected chi connectivity index (χ0v) is 10.7. The molecule has 4 heteroatoms. The van der Waals surface area contributed by atoms with E-state index in [1.54, 1.807) is 16.9 Å². The van der Waals surface area contributed by atoms with Gasteiger partial charge in [0.1, 0.15) is 0 Å². The summed E-state index contributed by atoms with van der Waals surface area (Å²) >= 11 is 0. The summed E-state index contributed by atoms with van der Waals surface area (Å²) in [6.45, 7) is 0. The molecule has 1 N–H and O–H groups in total. The predicted molar refractivity (Wildman–Crippen MR) is 78.0 cm³/mol. The van der Waals surface area contributed by atoms with Gasteiger partial charge in [-0.05, 0) is 30.3 Å². The second-order valence-electron chi connectivity index (χ2n) is 4.29. The van der Waals surface area contributed by atoms with Crippen LogP contribution in [0.2, 0.25) is 0 Å². The van der Waals surface area contributed by atoms with Crippen LogP contribution in [-0.4, -0.2) is 15.7 Å². The predicted octanol–water partition coefficient (Wildman–Crippen LogP) is 3.12. The van der Waals surface area contributed by atoms with Gasteiger partial charge in [-0.2, -0.15) is 5.10 Å². The molecule has 0 fully saturated rings. The van der Waals surface area contributed by atoms with Crippen LogP contribution in [0.4, 0.5) is 5.69 Å². The molecule has 0 aliphatic carbocycles. The highest BCUT2D eigenvalue weighted by molar-refractivity contribution is 6.06. The number of anilines is 1. The first-order chi connectivity index (χ1) is 9.84. The first-order valence-corrected chi connectivity index (χ1v) is 6.30. The summed E-state index contributed by atoms with van der Waals surface area (Å²) in [6.07, 6.45) is 3.50. The molecule has 0 saturated heterocycles. The van der Waals surface area contributed by atoms with Crippen LogP contribution in [0.3, 0.4) is 0 Å². The fraction of sp³-hybridized carbons (Fsp3) is 0. The van der Waals surface area contributed by atoms with E-state index in [0.29, 0.717) is 5.56 Å². The molecule has 0 aliphatic rings. The lowest BCUT2D eigenvalue weighted by Gasteiger charge is -2.10. The van der Waals surface area contributed by atoms with E-state index in [2.05, 4.69) is 10.4 Å². The number of carbonyl (C=O) groups is 1. The lowest BCUT2D eigenvalue weighted by atomic mass is 10.1. The summed E-state index contributed by atoms with van der Waals surface area (Å²) in [5.74, 6) is -0.151. The van der Waals surface area contributed by atoms with Crippen molar-refractivity contribution in [1.29, 1.82) is 0 Å². The van der Waals surface area contributed by atoms with E-state index < -0.39 is 0 Å². The third-order valence-electron chi connectivity index (χ3n) is 2.93. The average Bonchev–Trinajstić information content (AvgIpc) is 3.02. The third-order valence-corrected chi connectivity index (χ3v) is 2.93. The molecule has 3 aromatic rings. The number of benzene rings is 2. The lowest BCUT2D eigenvalue weighted by Crippen LogP contribution is -2.15. The molecule has 0 spiro atoms. The van der Waals surface area contributed by atoms with E-state index in [9.17, 15) is 4.79 Å². The molecule has 2 aromatic carbocycles. The Balaban J connectivity index is 1.93. The molecular weight excluding hydrogens is 250 g/mol. The van der Waals surface area contributed by atoms with Crippen molar-refractivity contribution in [2.24, 2.45) is 0 Å². The van der Waals surface area contributed by atoms with E-state index in [-0.39, 0.29) is 5.91 Å². The van der Waals surface area contributed by atoms with Gasteiger partial charge in [0.2, 0.25) is 0 Å². The molecule has 0 aliphatic heterocycles. The van der Waals surface area contributed by atoms with Crippen LogP contribution >= 0.6 is 0 Å². The van der Waals surface area contributed by atoms with Gasteiger partial charge in [-0.25, -0.2) is 4.68 Å². The van der Waals surface area contributed by atoms with Crippen molar-refractivity contribution in [3.63, 3.8) is 0 Å². The Morgan fingerprint density at radius 2 is 1.70 bits per heavy atom. The fourth-order valence-corrected chi connectivity index (χ4v) is 2.00. The molecule has 98 valence electrons. The zero-order chi connectivity index (χ0) is 13.8. The number of para-hydroxylation sites is 2. The highest BCUT2D eigenvalue weighted by Crippen LogP contribution is 2.15. The first-order valence-electron chi connectivity index (χ1n) is 6.30. The van der Waals surface area contributed by atoms with Crippen molar-refractivity contribution in [3.8, 4) is 5.69 Å². The van der Waals surface area contributed by atoms with Crippen molar-refractivity contribution in [2.45, 2.75) is 0 Å². The van der Waals surface area contributed by atoms with Crippen LogP contribution in [0.15, 0.2) is 73.1 Å². The van der Waals surface area contributed by atoms with Crippen molar-refractivity contribution < 1.29 is 4.79 Å². The normalized spacial score (nSPS) is 10.2. The molecule has 0 bridgehead atoms. The minimum atomic E-state index is -0.151. The van der Waals surface area contributed by atoms with E-state index in [1.807, 2.05) is 60.8 Å². The van der Waals surface area contributed by atoms with Crippen LogP contribution < -0.4 is 5.32 Å². The summed E-state index contributed by atoms with van der Waals surface area (Å²) in [5.41, 5.74) is 2.11. The van der Waals surface area contributed by atoms with E-state index >= 15 is 0 Å². The third kappa shape index (κ3) is 2.44. The Kier molecular flexibility index (Phi) is 3.29. The Hall–Kier alpha value is -2.88. The first kappa shape index (κ1) is 12.2. The molecule has 0 atom stereocenters. The fourth-order valence-electron chi connectivity index (χ4n) is 2.00. The van der Waals surface area contributed by atoms with Crippen LogP contribution in [0, 0.1) is 0 Å². The standard InChI is InChI=1S/C16H13N3O/c20-16(18-13-7-2-1-3-8-13)14-9-4-5-10-15(14)19-12-6-11-17-19/h1-12H,(H,18,20). The van der Waals surface area contributed by atoms with Gasteiger partial charge < -0.3 is 5.32 Å². The molecule has 20 heavy (non-hydrogen) atoms. The smallest absolute Gasteiger partial charge is 0.257 e. The van der Waals surface area contributed by atoms with Gasteiger partial charge in [0.25, 0.3) is 5.91 Å². The number of hydrogen-bond donors (Lipinski definition) is 1. The Bertz CT molecular complexity index is 706. The zero-order valence-electron chi connectivity index (χ0n) is 10.7. The maximum atomic E-state index is 12.4. The number of amides is 1. The minimum absolute atomic E-state index is 0.151. The van der Waals surface area contributed by atoms with E-state index in [0.717, 1.165) is 11.4 Å². The van der Waals surface area contributed by atoms with Crippen molar-refractivity contribution in [2.75, 3.05) is 5.32 Å². The molecule has 1 heterocycles. The largest absolute Gasteiger partial charge is 0.322 e. The van der Waals surface area contributed by atoms with Crippen LogP contribution in [-0.2, 0) is 0 Å². The van der Waals surface area contributed by atoms with Gasteiger partial charge in [0.15, 0.2) is 0 Å². The number of nitrogens with one attached hydrogen (secondary N) is 1. The SMILES string of the molecule is O=C(Nc1ccccc1)c1ccccc1-n1cccn1. The maximum Gasteiger partial charge on any atom is 0.257 e. The highest BCUT2D eigenvalue weighted by Gasteiger charge is 2.12. The molecule has 0 radical (unpaired) electrons. The molecule has 1 amide bonds. The van der Waals surface area contributed by atoms with E-state index in [4.69, 9.17) is 0 Å². The molecule has 1 aromatic heterocycles. The average molecular weight is 263 g/mol. The lowest BCUT2D eigenvalue weighted by molar-refractivity contribution is 0.102. The number of nitrogens with zero attached hydrogens (tertiary/aromatic N) is 2. The Morgan fingerprint density at radius 1 is 0.950 bits per heavy atom. The van der Waals surface area contributed by atoms with Gasteiger partial charge >= 0.3 is 0 Å². The van der Waals surface area contributed by atoms with Crippen LogP contribution in [0.1, 0.15) is 10.4 Å². The molecular formula is C16H13N3O. The van der Waals surface area contributed by atoms with E-state index in [1.165, 1.54) is 0 Å². The molecule has 0 saturated carbocycles. The number of aromatic nitrogens is 2. The van der Waals surface area contributed by atoms with Gasteiger partial charge in [0.05, 0.1) is 11.3 Å². The molecule has 4 nitrogen and oxygen atoms in total. The Morgan fingerprint density at radius 3 is 2.45 bits per heavy atom. The highest BCUT2D eigenvalue weighted by atomic mass is 16.1. The monoisotopic (exact) mass is 263 g/mol. The number of rotatable bonds is 3. The minimum Gasteiger partial charge on any atom is -0.322 e. The van der Waals surface area contributed by atoms with Gasteiger partial charge in [0, 0.05) is 18.1 Å². The van der Waals surface area contributed by atoms with Crippen molar-refractivity contribution in [1.82, 2.24) is 9.78 Å².